The van der Waals surface area contributed by atoms with Crippen LogP contribution in [0.3, 0.4) is 0 Å². The van der Waals surface area contributed by atoms with Gasteiger partial charge in [-0.3, -0.25) is 10.1 Å². The Kier molecular flexibility index (Phi) is 6.36. The fourth-order valence-electron chi connectivity index (χ4n) is 1.93. The number of nitrogens with one attached hydrogen (secondary N) is 1. The molecule has 1 N–H and O–H groups in total. The number of benzene rings is 1. The highest BCUT2D eigenvalue weighted by molar-refractivity contribution is 6.74. The van der Waals surface area contributed by atoms with Crippen LogP contribution in [0.5, 0.6) is 0 Å². The van der Waals surface area contributed by atoms with Crippen LogP contribution >= 0.6 is 0 Å². The summed E-state index contributed by atoms with van der Waals surface area (Å²) in [6.45, 7) is 16.3. The van der Waals surface area contributed by atoms with Crippen molar-refractivity contribution in [2.45, 2.75) is 59.2 Å². The SMILES string of the molecule is Cc1cc(NCCCO[Si](C)(C)C(C)(C)C)c([N+](=O)[O-])cc1C. The molecule has 0 aliphatic heterocycles. The Morgan fingerprint density at radius 3 is 2.30 bits per heavy atom. The van der Waals surface area contributed by atoms with Crippen LogP contribution < -0.4 is 5.32 Å². The summed E-state index contributed by atoms with van der Waals surface area (Å²) in [5, 5.41) is 14.5. The van der Waals surface area contributed by atoms with Gasteiger partial charge in [-0.25, -0.2) is 0 Å². The second kappa shape index (κ2) is 7.44. The van der Waals surface area contributed by atoms with Crippen molar-refractivity contribution in [2.24, 2.45) is 0 Å². The van der Waals surface area contributed by atoms with Crippen LogP contribution in [0.25, 0.3) is 0 Å². The van der Waals surface area contributed by atoms with Gasteiger partial charge in [0.2, 0.25) is 0 Å². The summed E-state index contributed by atoms with van der Waals surface area (Å²) in [4.78, 5) is 10.8. The van der Waals surface area contributed by atoms with Crippen molar-refractivity contribution < 1.29 is 9.35 Å². The fraction of sp³-hybridized carbons (Fsp3) is 0.647. The predicted molar refractivity (Wildman–Crippen MR) is 98.8 cm³/mol. The maximum atomic E-state index is 11.2. The summed E-state index contributed by atoms with van der Waals surface area (Å²) in [5.41, 5.74) is 2.71. The molecular formula is C17H30N2O3Si. The zero-order chi connectivity index (χ0) is 17.8. The molecule has 1 aromatic rings. The van der Waals surface area contributed by atoms with E-state index in [0.717, 1.165) is 17.5 Å². The molecule has 0 aliphatic rings. The molecule has 0 heterocycles. The summed E-state index contributed by atoms with van der Waals surface area (Å²) in [6.07, 6.45) is 0.830. The van der Waals surface area contributed by atoms with Gasteiger partial charge < -0.3 is 9.74 Å². The highest BCUT2D eigenvalue weighted by Gasteiger charge is 2.36. The van der Waals surface area contributed by atoms with E-state index in [4.69, 9.17) is 4.43 Å². The lowest BCUT2D eigenvalue weighted by Gasteiger charge is -2.36. The Balaban J connectivity index is 2.57. The van der Waals surface area contributed by atoms with Crippen molar-refractivity contribution in [3.05, 3.63) is 33.4 Å². The quantitative estimate of drug-likeness (QED) is 0.327. The van der Waals surface area contributed by atoms with Crippen LogP contribution in [0, 0.1) is 24.0 Å². The molecule has 0 aliphatic carbocycles. The van der Waals surface area contributed by atoms with E-state index >= 15 is 0 Å². The third kappa shape index (κ3) is 5.32. The number of nitro benzene ring substituents is 1. The number of nitrogens with zero attached hydrogens (tertiary/aromatic N) is 1. The van der Waals surface area contributed by atoms with E-state index < -0.39 is 8.32 Å². The molecule has 0 fully saturated rings. The van der Waals surface area contributed by atoms with Gasteiger partial charge in [0.1, 0.15) is 5.69 Å². The smallest absolute Gasteiger partial charge is 0.292 e. The van der Waals surface area contributed by atoms with Gasteiger partial charge in [-0.2, -0.15) is 0 Å². The third-order valence-corrected chi connectivity index (χ3v) is 9.25. The van der Waals surface area contributed by atoms with Crippen LogP contribution in [-0.2, 0) is 4.43 Å². The number of aryl methyl sites for hydroxylation is 2. The van der Waals surface area contributed by atoms with Gasteiger partial charge in [0.15, 0.2) is 8.32 Å². The van der Waals surface area contributed by atoms with Crippen molar-refractivity contribution in [3.8, 4) is 0 Å². The molecule has 1 rings (SSSR count). The Morgan fingerprint density at radius 1 is 1.22 bits per heavy atom. The predicted octanol–water partition coefficient (Wildman–Crippen LogP) is 5.04. The molecule has 6 heteroatoms. The Bertz CT molecular complexity index is 566. The number of rotatable bonds is 7. The van der Waals surface area contributed by atoms with E-state index in [-0.39, 0.29) is 15.6 Å². The molecule has 130 valence electrons. The minimum absolute atomic E-state index is 0.137. The summed E-state index contributed by atoms with van der Waals surface area (Å²) < 4.78 is 6.12. The standard InChI is InChI=1S/C17H30N2O3Si/c1-13-11-15(16(19(20)21)12-14(13)2)18-9-8-10-22-23(6,7)17(3,4)5/h11-12,18H,8-10H2,1-7H3. The third-order valence-electron chi connectivity index (χ3n) is 4.71. The average Bonchev–Trinajstić information content (AvgIpc) is 2.40. The number of hydrogen-bond donors (Lipinski definition) is 1. The van der Waals surface area contributed by atoms with Crippen molar-refractivity contribution >= 4 is 19.7 Å². The van der Waals surface area contributed by atoms with E-state index in [2.05, 4.69) is 39.2 Å². The lowest BCUT2D eigenvalue weighted by molar-refractivity contribution is -0.384. The maximum absolute atomic E-state index is 11.2. The van der Waals surface area contributed by atoms with Crippen LogP contribution in [0.1, 0.15) is 38.3 Å². The topological polar surface area (TPSA) is 64.4 Å². The van der Waals surface area contributed by atoms with Gasteiger partial charge >= 0.3 is 0 Å². The van der Waals surface area contributed by atoms with Crippen LogP contribution in [-0.4, -0.2) is 26.4 Å². The Labute approximate surface area is 140 Å². The molecule has 23 heavy (non-hydrogen) atoms. The minimum Gasteiger partial charge on any atom is -0.417 e. The van der Waals surface area contributed by atoms with E-state index in [1.54, 1.807) is 6.07 Å². The van der Waals surface area contributed by atoms with Gasteiger partial charge in [-0.15, -0.1) is 0 Å². The lowest BCUT2D eigenvalue weighted by Crippen LogP contribution is -2.41. The second-order valence-electron chi connectivity index (χ2n) is 7.60. The number of hydrogen-bond acceptors (Lipinski definition) is 4. The van der Waals surface area contributed by atoms with Crippen LogP contribution in [0.2, 0.25) is 18.1 Å². The van der Waals surface area contributed by atoms with Gasteiger partial charge in [0.25, 0.3) is 5.69 Å². The van der Waals surface area contributed by atoms with E-state index in [1.807, 2.05) is 19.9 Å². The molecule has 0 spiro atoms. The summed E-state index contributed by atoms with van der Waals surface area (Å²) in [5.74, 6) is 0. The molecule has 0 saturated carbocycles. The molecule has 1 aromatic carbocycles. The zero-order valence-corrected chi connectivity index (χ0v) is 16.4. The normalized spacial score (nSPS) is 12.3. The molecule has 0 radical (unpaired) electrons. The van der Waals surface area contributed by atoms with Gasteiger partial charge in [0, 0.05) is 19.2 Å². The first-order chi connectivity index (χ1) is 10.5. The molecule has 0 atom stereocenters. The molecule has 0 saturated heterocycles. The van der Waals surface area contributed by atoms with Crippen LogP contribution in [0.15, 0.2) is 12.1 Å². The fourth-order valence-corrected chi connectivity index (χ4v) is 3.02. The van der Waals surface area contributed by atoms with Crippen molar-refractivity contribution in [2.75, 3.05) is 18.5 Å². The van der Waals surface area contributed by atoms with Gasteiger partial charge in [0.05, 0.1) is 4.92 Å². The Morgan fingerprint density at radius 2 is 1.78 bits per heavy atom. The number of anilines is 1. The number of nitro groups is 1. The second-order valence-corrected chi connectivity index (χ2v) is 12.4. The zero-order valence-electron chi connectivity index (χ0n) is 15.4. The Hall–Kier alpha value is -1.40. The molecule has 0 amide bonds. The molecule has 0 bridgehead atoms. The molecule has 0 aromatic heterocycles. The van der Waals surface area contributed by atoms with Crippen molar-refractivity contribution in [1.82, 2.24) is 0 Å². The molecular weight excluding hydrogens is 308 g/mol. The first kappa shape index (κ1) is 19.6. The summed E-state index contributed by atoms with van der Waals surface area (Å²) >= 11 is 0. The monoisotopic (exact) mass is 338 g/mol. The largest absolute Gasteiger partial charge is 0.417 e. The molecule has 0 unspecified atom stereocenters. The van der Waals surface area contributed by atoms with E-state index in [9.17, 15) is 10.1 Å². The molecule has 5 nitrogen and oxygen atoms in total. The van der Waals surface area contributed by atoms with E-state index in [0.29, 0.717) is 18.8 Å². The van der Waals surface area contributed by atoms with Gasteiger partial charge in [-0.05, 0) is 55.6 Å². The maximum Gasteiger partial charge on any atom is 0.292 e. The highest BCUT2D eigenvalue weighted by Crippen LogP contribution is 2.36. The van der Waals surface area contributed by atoms with Crippen molar-refractivity contribution in [3.63, 3.8) is 0 Å². The van der Waals surface area contributed by atoms with Crippen molar-refractivity contribution in [1.29, 1.82) is 0 Å². The first-order valence-corrected chi connectivity index (χ1v) is 11.0. The van der Waals surface area contributed by atoms with E-state index in [1.165, 1.54) is 0 Å². The summed E-state index contributed by atoms with van der Waals surface area (Å²) in [6, 6.07) is 3.48. The average molecular weight is 339 g/mol. The minimum atomic E-state index is -1.72. The lowest BCUT2D eigenvalue weighted by atomic mass is 10.1. The van der Waals surface area contributed by atoms with Crippen LogP contribution in [0.4, 0.5) is 11.4 Å². The highest BCUT2D eigenvalue weighted by atomic mass is 28.4. The first-order valence-electron chi connectivity index (χ1n) is 8.09. The summed E-state index contributed by atoms with van der Waals surface area (Å²) in [7, 11) is -1.72. The van der Waals surface area contributed by atoms with Gasteiger partial charge in [-0.1, -0.05) is 20.8 Å².